The average Bonchev–Trinajstić information content (AvgIpc) is 1.63. The molecule has 4 heterocycles. The number of nitrogens with one attached hydrogen (secondary N) is 12. The molecule has 606 valence electrons. The molecule has 9 atom stereocenters. The third-order valence-electron chi connectivity index (χ3n) is 19.4. The van der Waals surface area contributed by atoms with E-state index < -0.39 is 132 Å². The predicted octanol–water partition coefficient (Wildman–Crippen LogP) is 2.94. The van der Waals surface area contributed by atoms with Crippen molar-refractivity contribution in [2.24, 2.45) is 22.2 Å². The van der Waals surface area contributed by atoms with Crippen LogP contribution in [0.1, 0.15) is 204 Å². The molecule has 0 bridgehead atoms. The maximum Gasteiger partial charge on any atom is 0.321 e. The van der Waals surface area contributed by atoms with Crippen molar-refractivity contribution in [2.45, 2.75) is 248 Å². The summed E-state index contributed by atoms with van der Waals surface area (Å²) in [5.41, 5.74) is 19.5. The Morgan fingerprint density at radius 3 is 2.06 bits per heavy atom. The number of benzene rings is 2. The molecule has 110 heavy (non-hydrogen) atoms. The molecule has 0 saturated carbocycles. The Labute approximate surface area is 643 Å². The minimum Gasteiger partial charge on any atom is -0.462 e. The Morgan fingerprint density at radius 2 is 1.36 bits per heavy atom. The van der Waals surface area contributed by atoms with E-state index in [0.717, 1.165) is 35.1 Å². The van der Waals surface area contributed by atoms with Crippen LogP contribution in [0, 0.1) is 0 Å². The summed E-state index contributed by atoms with van der Waals surface area (Å²) in [5, 5.41) is 39.5. The molecular weight excluding hydrogens is 1420 g/mol. The SMILES string of the molecule is CCCCCCCCCCCCCCCC(=O)NC(=O)NC(CC(=O)NCCOCCOC(=O)CN[C@@H](CCCC)C(=O)N[C@H]1CCC(=O)NCCCC[C@@H](C(N)=O)NC(=O)[C@H](Cc2c[nH]c3ccccc23)NC(=O)[C@H](CCCN=C(N)N)NC(=O)[C@@H](Cc2ccccc2)NC(=O)[C@@H]2[C@@H](O)CCN2C1=O)c1cnc[nH]1. The third kappa shape index (κ3) is 32.7. The summed E-state index contributed by atoms with van der Waals surface area (Å²) in [7, 11) is 0. The second-order valence-corrected chi connectivity index (χ2v) is 28.2. The fourth-order valence-corrected chi connectivity index (χ4v) is 13.3. The summed E-state index contributed by atoms with van der Waals surface area (Å²) in [6, 6.07) is 4.60. The van der Waals surface area contributed by atoms with Crippen molar-refractivity contribution < 1.29 is 72.1 Å². The van der Waals surface area contributed by atoms with Gasteiger partial charge in [0.1, 0.15) is 42.9 Å². The Hall–Kier alpha value is -10.0. The number of unbranched alkanes of at least 4 members (excludes halogenated alkanes) is 13. The van der Waals surface area contributed by atoms with Crippen LogP contribution < -0.4 is 70.4 Å². The molecular formula is C77H118N18O15. The molecule has 2 aromatic carbocycles. The van der Waals surface area contributed by atoms with Gasteiger partial charge < -0.3 is 89.2 Å². The number of aliphatic imine (C=N–C) groups is 1. The number of hydrogen-bond acceptors (Lipinski definition) is 18. The lowest BCUT2D eigenvalue weighted by molar-refractivity contribution is -0.145. The number of H-pyrrole nitrogens is 2. The number of carbonyl (C=O) groups excluding carboxylic acids is 12. The van der Waals surface area contributed by atoms with Gasteiger partial charge in [-0.15, -0.1) is 0 Å². The first-order valence-electron chi connectivity index (χ1n) is 39.2. The van der Waals surface area contributed by atoms with Crippen molar-refractivity contribution in [3.63, 3.8) is 0 Å². The van der Waals surface area contributed by atoms with Gasteiger partial charge in [-0.25, -0.2) is 9.78 Å². The smallest absolute Gasteiger partial charge is 0.321 e. The molecule has 2 aromatic heterocycles. The van der Waals surface area contributed by atoms with Gasteiger partial charge in [0, 0.05) is 69.0 Å². The van der Waals surface area contributed by atoms with Crippen molar-refractivity contribution in [1.29, 1.82) is 0 Å². The number of nitrogens with zero attached hydrogens (tertiary/aromatic N) is 3. The van der Waals surface area contributed by atoms with Crippen LogP contribution >= 0.6 is 0 Å². The quantitative estimate of drug-likeness (QED) is 0.0131. The van der Waals surface area contributed by atoms with Crippen molar-refractivity contribution in [2.75, 3.05) is 52.5 Å². The molecule has 2 aliphatic rings. The number of amides is 12. The molecule has 2 saturated heterocycles. The summed E-state index contributed by atoms with van der Waals surface area (Å²) in [6.45, 7) is 3.38. The highest BCUT2D eigenvalue weighted by molar-refractivity contribution is 5.99. The molecule has 1 unspecified atom stereocenters. The lowest BCUT2D eigenvalue weighted by Crippen LogP contribution is -2.61. The normalized spacial score (nSPS) is 19.7. The first-order chi connectivity index (χ1) is 53.1. The van der Waals surface area contributed by atoms with Crippen LogP contribution in [-0.4, -0.2) is 203 Å². The molecule has 0 aliphatic carbocycles. The maximum absolute atomic E-state index is 15.0. The van der Waals surface area contributed by atoms with Crippen LogP contribution in [0.15, 0.2) is 78.3 Å². The van der Waals surface area contributed by atoms with Gasteiger partial charge in [-0.1, -0.05) is 152 Å². The number of carbonyl (C=O) groups is 12. The van der Waals surface area contributed by atoms with Crippen LogP contribution in [0.3, 0.4) is 0 Å². The van der Waals surface area contributed by atoms with Crippen LogP contribution in [-0.2, 0) is 75.1 Å². The maximum atomic E-state index is 15.0. The third-order valence-corrected chi connectivity index (χ3v) is 19.4. The number of aromatic amines is 2. The predicted molar refractivity (Wildman–Crippen MR) is 412 cm³/mol. The van der Waals surface area contributed by atoms with E-state index in [4.69, 9.17) is 26.7 Å². The number of fused-ring (bicyclic) bond motifs is 2. The van der Waals surface area contributed by atoms with Gasteiger partial charge in [-0.05, 0) is 75.0 Å². The highest BCUT2D eigenvalue weighted by Crippen LogP contribution is 2.24. The molecule has 2 aliphatic heterocycles. The molecule has 6 rings (SSSR count). The fraction of sp³-hybridized carbons (Fsp3) is 0.610. The summed E-state index contributed by atoms with van der Waals surface area (Å²) in [5.74, 6) is -8.23. The Kier molecular flexibility index (Phi) is 40.3. The number of aromatic nitrogens is 3. The van der Waals surface area contributed by atoms with E-state index in [0.29, 0.717) is 36.1 Å². The summed E-state index contributed by atoms with van der Waals surface area (Å²) >= 11 is 0. The van der Waals surface area contributed by atoms with Crippen molar-refractivity contribution in [3.05, 3.63) is 90.1 Å². The largest absolute Gasteiger partial charge is 0.462 e. The number of aliphatic hydroxyl groups is 1. The minimum absolute atomic E-state index is 0.0223. The van der Waals surface area contributed by atoms with E-state index in [1.54, 1.807) is 36.5 Å². The van der Waals surface area contributed by atoms with Gasteiger partial charge in [-0.2, -0.15) is 0 Å². The zero-order chi connectivity index (χ0) is 79.4. The van der Waals surface area contributed by atoms with Gasteiger partial charge in [0.25, 0.3) is 0 Å². The standard InChI is InChI=1S/C77H118N18O15/c1-3-5-7-8-9-10-11-12-13-14-15-16-20-33-65(98)94-77(108)93-59(62-48-81-50-87-62)46-66(99)83-39-41-109-42-43-110-67(100)49-86-56(29-6-4-2)70(102)90-58-34-35-64(97)82-37-24-23-31-55(69(78)101)88-73(105)61(45-52-47-85-54-30-22-21-28-53(52)54)91-71(103)57(32-25-38-84-76(79)80)89-72(104)60(44-51-26-18-17-19-27-51)92-74(106)68-63(96)36-40-95(68)75(58)107/h17-19,21-22,26-28,30,47-48,50,55-61,63,68,85-86,96H,3-16,20,23-25,29,31-46,49H2,1-2H3,(H2,78,101)(H,81,87)(H,82,97)(H,83,99)(H,88,105)(H,89,104)(H,90,102)(H,91,103)(H,92,106)(H4,79,80,84)(H2,93,94,98,108)/t55-,56-,57-,58-,59?,60+,61-,63-,68-/m0/s1. The molecule has 19 N–H and O–H groups in total. The van der Waals surface area contributed by atoms with Gasteiger partial charge in [0.2, 0.25) is 59.1 Å². The monoisotopic (exact) mass is 1530 g/mol. The summed E-state index contributed by atoms with van der Waals surface area (Å²) < 4.78 is 11.0. The molecule has 33 nitrogen and oxygen atoms in total. The van der Waals surface area contributed by atoms with E-state index in [2.05, 4.69) is 80.0 Å². The number of primary amides is 1. The molecule has 33 heteroatoms. The van der Waals surface area contributed by atoms with Crippen molar-refractivity contribution >= 4 is 87.9 Å². The first kappa shape index (κ1) is 88.9. The Bertz CT molecular complexity index is 3570. The Balaban J connectivity index is 1.06. The molecule has 12 amide bonds. The van der Waals surface area contributed by atoms with E-state index in [1.807, 2.05) is 31.2 Å². The van der Waals surface area contributed by atoms with Gasteiger partial charge >= 0.3 is 12.0 Å². The number of urea groups is 1. The van der Waals surface area contributed by atoms with Crippen molar-refractivity contribution in [1.82, 2.24) is 73.0 Å². The van der Waals surface area contributed by atoms with Gasteiger partial charge in [0.05, 0.1) is 62.6 Å². The van der Waals surface area contributed by atoms with E-state index in [1.165, 1.54) is 70.3 Å². The number of guanidine groups is 1. The zero-order valence-corrected chi connectivity index (χ0v) is 63.8. The topological polar surface area (TPSA) is 502 Å². The number of nitrogens with two attached hydrogens (primary N) is 3. The second kappa shape index (κ2) is 49.9. The van der Waals surface area contributed by atoms with E-state index >= 15 is 4.79 Å². The molecule has 0 radical (unpaired) electrons. The second-order valence-electron chi connectivity index (χ2n) is 28.2. The minimum atomic E-state index is -1.64. The number of ether oxygens (including phenoxy) is 2. The fourth-order valence-electron chi connectivity index (χ4n) is 13.3. The number of imide groups is 1. The average molecular weight is 1540 g/mol. The highest BCUT2D eigenvalue weighted by Gasteiger charge is 2.45. The number of esters is 1. The number of para-hydroxylation sites is 1. The van der Waals surface area contributed by atoms with Crippen LogP contribution in [0.5, 0.6) is 0 Å². The van der Waals surface area contributed by atoms with Gasteiger partial charge in [-0.3, -0.25) is 68.4 Å². The van der Waals surface area contributed by atoms with E-state index in [-0.39, 0.29) is 135 Å². The molecule has 4 aromatic rings. The van der Waals surface area contributed by atoms with Gasteiger partial charge in [0.15, 0.2) is 5.96 Å². The van der Waals surface area contributed by atoms with Crippen LogP contribution in [0.4, 0.5) is 4.79 Å². The number of hydrogen-bond donors (Lipinski definition) is 16. The van der Waals surface area contributed by atoms with E-state index in [9.17, 15) is 57.8 Å². The molecule has 2 fully saturated rings. The number of rotatable bonds is 41. The lowest BCUT2D eigenvalue weighted by atomic mass is 10.0. The number of aliphatic hydroxyl groups excluding tert-OH is 1. The molecule has 0 spiro atoms. The van der Waals surface area contributed by atoms with Crippen molar-refractivity contribution in [3.8, 4) is 0 Å². The zero-order valence-electron chi connectivity index (χ0n) is 63.8. The number of imidazole rings is 1. The highest BCUT2D eigenvalue weighted by atomic mass is 16.6. The van der Waals surface area contributed by atoms with Crippen LogP contribution in [0.2, 0.25) is 0 Å². The summed E-state index contributed by atoms with van der Waals surface area (Å²) in [4.78, 5) is 182. The Morgan fingerprint density at radius 1 is 0.700 bits per heavy atom. The first-order valence-corrected chi connectivity index (χ1v) is 39.2. The van der Waals surface area contributed by atoms with Crippen LogP contribution in [0.25, 0.3) is 10.9 Å². The summed E-state index contributed by atoms with van der Waals surface area (Å²) in [6.07, 6.45) is 19.2. The lowest BCUT2D eigenvalue weighted by Gasteiger charge is -2.32.